The van der Waals surface area contributed by atoms with E-state index in [4.69, 9.17) is 0 Å². The molecule has 2 heterocycles. The molecule has 1 unspecified atom stereocenters. The van der Waals surface area contributed by atoms with Crippen molar-refractivity contribution in [3.05, 3.63) is 89.5 Å². The van der Waals surface area contributed by atoms with E-state index in [0.717, 1.165) is 39.0 Å². The SMILES string of the molecule is Cc1ccc(F)cc1C(C)(C)CC(O)(Cc1cc2cc(-c3ccccc3)ncc2[nH]1)C(C)C. The van der Waals surface area contributed by atoms with Crippen molar-refractivity contribution in [2.24, 2.45) is 5.92 Å². The van der Waals surface area contributed by atoms with E-state index in [-0.39, 0.29) is 17.2 Å². The number of benzene rings is 2. The summed E-state index contributed by atoms with van der Waals surface area (Å²) >= 11 is 0. The van der Waals surface area contributed by atoms with Crippen molar-refractivity contribution in [3.63, 3.8) is 0 Å². The lowest BCUT2D eigenvalue weighted by Gasteiger charge is -2.40. The lowest BCUT2D eigenvalue weighted by Crippen LogP contribution is -2.43. The van der Waals surface area contributed by atoms with Gasteiger partial charge in [0.25, 0.3) is 0 Å². The van der Waals surface area contributed by atoms with Crippen LogP contribution in [0.2, 0.25) is 0 Å². The average Bonchev–Trinajstić information content (AvgIpc) is 3.16. The number of hydrogen-bond donors (Lipinski definition) is 2. The molecule has 2 aromatic heterocycles. The molecule has 0 bridgehead atoms. The van der Waals surface area contributed by atoms with E-state index in [9.17, 15) is 9.50 Å². The van der Waals surface area contributed by atoms with Crippen molar-refractivity contribution in [2.45, 2.75) is 58.5 Å². The number of H-pyrrole nitrogens is 1. The third-order valence-electron chi connectivity index (χ3n) is 6.88. The summed E-state index contributed by atoms with van der Waals surface area (Å²) in [4.78, 5) is 8.06. The molecule has 4 rings (SSSR count). The first-order chi connectivity index (χ1) is 15.6. The van der Waals surface area contributed by atoms with Crippen LogP contribution in [-0.4, -0.2) is 20.7 Å². The van der Waals surface area contributed by atoms with Crippen molar-refractivity contribution in [1.82, 2.24) is 9.97 Å². The van der Waals surface area contributed by atoms with E-state index >= 15 is 0 Å². The van der Waals surface area contributed by atoms with Crippen LogP contribution in [0.1, 0.15) is 50.9 Å². The van der Waals surface area contributed by atoms with Gasteiger partial charge in [0.05, 0.1) is 23.0 Å². The van der Waals surface area contributed by atoms with E-state index in [1.54, 1.807) is 6.07 Å². The Balaban J connectivity index is 1.63. The molecule has 0 saturated heterocycles. The minimum Gasteiger partial charge on any atom is -0.389 e. The fraction of sp³-hybridized carbons (Fsp3) is 0.345. The molecule has 2 N–H and O–H groups in total. The maximum atomic E-state index is 14.0. The van der Waals surface area contributed by atoms with Crippen molar-refractivity contribution in [2.75, 3.05) is 0 Å². The summed E-state index contributed by atoms with van der Waals surface area (Å²) in [5.74, 6) is -0.218. The number of aliphatic hydroxyl groups is 1. The Bertz CT molecular complexity index is 1260. The molecule has 4 aromatic rings. The monoisotopic (exact) mass is 444 g/mol. The largest absolute Gasteiger partial charge is 0.389 e. The first kappa shape index (κ1) is 23.2. The number of halogens is 1. The molecule has 0 fully saturated rings. The van der Waals surface area contributed by atoms with Gasteiger partial charge in [-0.25, -0.2) is 4.39 Å². The number of rotatable bonds is 7. The minimum absolute atomic E-state index is 0.0232. The standard InChI is InChI=1S/C29H33FN2O/c1-19(2)29(33,18-28(4,5)25-15-23(30)12-11-20(25)3)16-24-13-22-14-26(31-17-27(22)32-24)21-9-7-6-8-10-21/h6-15,17,19,32-33H,16,18H2,1-5H3. The van der Waals surface area contributed by atoms with Crippen LogP contribution in [0.15, 0.2) is 66.9 Å². The Morgan fingerprint density at radius 2 is 1.76 bits per heavy atom. The highest BCUT2D eigenvalue weighted by atomic mass is 19.1. The van der Waals surface area contributed by atoms with Crippen molar-refractivity contribution in [1.29, 1.82) is 0 Å². The number of fused-ring (bicyclic) bond motifs is 1. The summed E-state index contributed by atoms with van der Waals surface area (Å²) in [6.07, 6.45) is 2.86. The molecule has 0 aliphatic rings. The summed E-state index contributed by atoms with van der Waals surface area (Å²) in [7, 11) is 0. The lowest BCUT2D eigenvalue weighted by molar-refractivity contribution is -0.0292. The molecule has 2 aromatic carbocycles. The zero-order chi connectivity index (χ0) is 23.8. The summed E-state index contributed by atoms with van der Waals surface area (Å²) in [6, 6.07) is 19.2. The van der Waals surface area contributed by atoms with Gasteiger partial charge in [-0.05, 0) is 60.1 Å². The predicted molar refractivity (Wildman–Crippen MR) is 134 cm³/mol. The van der Waals surface area contributed by atoms with Gasteiger partial charge in [0, 0.05) is 23.1 Å². The van der Waals surface area contributed by atoms with Crippen LogP contribution < -0.4 is 0 Å². The average molecular weight is 445 g/mol. The van der Waals surface area contributed by atoms with E-state index < -0.39 is 5.60 Å². The van der Waals surface area contributed by atoms with Crippen molar-refractivity contribution < 1.29 is 9.50 Å². The van der Waals surface area contributed by atoms with Gasteiger partial charge in [0.15, 0.2) is 0 Å². The highest BCUT2D eigenvalue weighted by molar-refractivity contribution is 5.83. The first-order valence-electron chi connectivity index (χ1n) is 11.6. The highest BCUT2D eigenvalue weighted by Crippen LogP contribution is 2.39. The maximum Gasteiger partial charge on any atom is 0.123 e. The van der Waals surface area contributed by atoms with Gasteiger partial charge < -0.3 is 10.1 Å². The fourth-order valence-corrected chi connectivity index (χ4v) is 4.94. The number of aromatic amines is 1. The van der Waals surface area contributed by atoms with Gasteiger partial charge in [0.2, 0.25) is 0 Å². The van der Waals surface area contributed by atoms with Gasteiger partial charge in [-0.2, -0.15) is 0 Å². The van der Waals surface area contributed by atoms with Crippen LogP contribution in [-0.2, 0) is 11.8 Å². The number of nitrogens with zero attached hydrogens (tertiary/aromatic N) is 1. The maximum absolute atomic E-state index is 14.0. The van der Waals surface area contributed by atoms with E-state index in [1.807, 2.05) is 51.2 Å². The van der Waals surface area contributed by atoms with Crippen LogP contribution in [0.25, 0.3) is 22.2 Å². The number of hydrogen-bond acceptors (Lipinski definition) is 2. The smallest absolute Gasteiger partial charge is 0.123 e. The molecule has 33 heavy (non-hydrogen) atoms. The number of pyridine rings is 1. The van der Waals surface area contributed by atoms with Gasteiger partial charge >= 0.3 is 0 Å². The normalized spacial score (nSPS) is 14.1. The summed E-state index contributed by atoms with van der Waals surface area (Å²) < 4.78 is 14.0. The minimum atomic E-state index is -0.960. The summed E-state index contributed by atoms with van der Waals surface area (Å²) in [6.45, 7) is 10.3. The predicted octanol–water partition coefficient (Wildman–Crippen LogP) is 6.97. The number of nitrogens with one attached hydrogen (secondary N) is 1. The number of aryl methyl sites for hydroxylation is 1. The lowest BCUT2D eigenvalue weighted by atomic mass is 9.69. The van der Waals surface area contributed by atoms with E-state index in [2.05, 4.69) is 48.1 Å². The zero-order valence-corrected chi connectivity index (χ0v) is 20.1. The molecule has 4 heteroatoms. The second kappa shape index (κ2) is 8.75. The zero-order valence-electron chi connectivity index (χ0n) is 20.1. The molecular formula is C29H33FN2O. The molecule has 0 saturated carbocycles. The highest BCUT2D eigenvalue weighted by Gasteiger charge is 2.39. The van der Waals surface area contributed by atoms with Crippen LogP contribution in [0, 0.1) is 18.7 Å². The molecule has 0 spiro atoms. The molecule has 172 valence electrons. The van der Waals surface area contributed by atoms with Crippen LogP contribution in [0.4, 0.5) is 4.39 Å². The van der Waals surface area contributed by atoms with Crippen LogP contribution in [0.5, 0.6) is 0 Å². The molecule has 0 aliphatic heterocycles. The topological polar surface area (TPSA) is 48.9 Å². The quantitative estimate of drug-likeness (QED) is 0.323. The van der Waals surface area contributed by atoms with E-state index in [1.165, 1.54) is 6.07 Å². The second-order valence-electron chi connectivity index (χ2n) is 10.3. The Morgan fingerprint density at radius 3 is 2.45 bits per heavy atom. The first-order valence-corrected chi connectivity index (χ1v) is 11.6. The van der Waals surface area contributed by atoms with E-state index in [0.29, 0.717) is 12.8 Å². The molecule has 3 nitrogen and oxygen atoms in total. The van der Waals surface area contributed by atoms with Crippen LogP contribution >= 0.6 is 0 Å². The third kappa shape index (κ3) is 4.86. The third-order valence-corrected chi connectivity index (χ3v) is 6.88. The van der Waals surface area contributed by atoms with Gasteiger partial charge in [-0.1, -0.05) is 64.1 Å². The second-order valence-corrected chi connectivity index (χ2v) is 10.3. The molecular weight excluding hydrogens is 411 g/mol. The Morgan fingerprint density at radius 1 is 1.03 bits per heavy atom. The molecule has 0 amide bonds. The molecule has 0 radical (unpaired) electrons. The Hall–Kier alpha value is -2.98. The van der Waals surface area contributed by atoms with Gasteiger partial charge in [-0.15, -0.1) is 0 Å². The number of aromatic nitrogens is 2. The van der Waals surface area contributed by atoms with Gasteiger partial charge in [0.1, 0.15) is 5.82 Å². The summed E-state index contributed by atoms with van der Waals surface area (Å²) in [5, 5.41) is 12.9. The molecule has 0 aliphatic carbocycles. The van der Waals surface area contributed by atoms with Crippen molar-refractivity contribution >= 4 is 10.9 Å². The van der Waals surface area contributed by atoms with Gasteiger partial charge in [-0.3, -0.25) is 4.98 Å². The fourth-order valence-electron chi connectivity index (χ4n) is 4.94. The summed E-state index contributed by atoms with van der Waals surface area (Å²) in [5.41, 5.74) is 4.56. The Kier molecular flexibility index (Phi) is 6.15. The van der Waals surface area contributed by atoms with Crippen LogP contribution in [0.3, 0.4) is 0 Å². The van der Waals surface area contributed by atoms with Crippen molar-refractivity contribution in [3.8, 4) is 11.3 Å². The molecule has 1 atom stereocenters. The Labute approximate surface area is 195 Å².